The van der Waals surface area contributed by atoms with E-state index < -0.39 is 0 Å². The highest BCUT2D eigenvalue weighted by Gasteiger charge is 2.18. The van der Waals surface area contributed by atoms with E-state index in [0.29, 0.717) is 0 Å². The van der Waals surface area contributed by atoms with Gasteiger partial charge in [0.25, 0.3) is 0 Å². The fraction of sp³-hybridized carbons (Fsp3) is 0.600. The van der Waals surface area contributed by atoms with Crippen LogP contribution in [-0.4, -0.2) is 13.8 Å². The molecule has 1 rings (SSSR count). The molecular formula is C15H23FO. The lowest BCUT2D eigenvalue weighted by Gasteiger charge is -2.20. The molecule has 2 atom stereocenters. The third kappa shape index (κ3) is 4.12. The summed E-state index contributed by atoms with van der Waals surface area (Å²) in [5, 5.41) is 0. The van der Waals surface area contributed by atoms with E-state index in [9.17, 15) is 4.39 Å². The zero-order chi connectivity index (χ0) is 12.7. The Hall–Kier alpha value is -0.890. The number of hydrogen-bond acceptors (Lipinski definition) is 1. The molecular weight excluding hydrogens is 215 g/mol. The molecule has 0 fully saturated rings. The summed E-state index contributed by atoms with van der Waals surface area (Å²) in [6.45, 7) is 3.72. The molecule has 0 saturated heterocycles. The van der Waals surface area contributed by atoms with Crippen molar-refractivity contribution in [3.63, 3.8) is 0 Å². The second-order valence-corrected chi connectivity index (χ2v) is 4.63. The smallest absolute Gasteiger partial charge is 0.0948 e. The van der Waals surface area contributed by atoms with Crippen molar-refractivity contribution in [1.82, 2.24) is 0 Å². The predicted octanol–water partition coefficient (Wildman–Crippen LogP) is 4.32. The number of aryl methyl sites for hydroxylation is 1. The van der Waals surface area contributed by atoms with Crippen LogP contribution < -0.4 is 0 Å². The average molecular weight is 238 g/mol. The van der Waals surface area contributed by atoms with E-state index in [4.69, 9.17) is 4.74 Å². The maximum Gasteiger partial charge on any atom is 0.0948 e. The first kappa shape index (κ1) is 14.2. The molecule has 17 heavy (non-hydrogen) atoms. The molecule has 0 aliphatic heterocycles. The van der Waals surface area contributed by atoms with Crippen LogP contribution in [0.4, 0.5) is 4.39 Å². The molecule has 1 aromatic carbocycles. The number of ether oxygens (including phenoxy) is 1. The van der Waals surface area contributed by atoms with Crippen molar-refractivity contribution in [3.05, 3.63) is 35.4 Å². The second kappa shape index (κ2) is 7.44. The summed E-state index contributed by atoms with van der Waals surface area (Å²) in [4.78, 5) is 0. The van der Waals surface area contributed by atoms with Crippen LogP contribution in [0.5, 0.6) is 0 Å². The molecule has 0 saturated carbocycles. The first-order chi connectivity index (χ1) is 8.22. The molecule has 0 aliphatic carbocycles. The van der Waals surface area contributed by atoms with E-state index in [1.165, 1.54) is 18.4 Å². The number of unbranched alkanes of at least 4 members (excludes halogenated alkanes) is 1. The third-order valence-electron chi connectivity index (χ3n) is 3.14. The van der Waals surface area contributed by atoms with Crippen LogP contribution in [0.2, 0.25) is 0 Å². The van der Waals surface area contributed by atoms with E-state index >= 15 is 0 Å². The first-order valence-corrected chi connectivity index (χ1v) is 6.40. The molecule has 96 valence electrons. The van der Waals surface area contributed by atoms with E-state index in [-0.39, 0.29) is 18.7 Å². The van der Waals surface area contributed by atoms with Gasteiger partial charge in [-0.25, -0.2) is 0 Å². The molecule has 2 heteroatoms. The van der Waals surface area contributed by atoms with Crippen LogP contribution in [0.3, 0.4) is 0 Å². The summed E-state index contributed by atoms with van der Waals surface area (Å²) < 4.78 is 18.0. The highest BCUT2D eigenvalue weighted by atomic mass is 19.1. The summed E-state index contributed by atoms with van der Waals surface area (Å²) in [5.74, 6) is -0.0958. The van der Waals surface area contributed by atoms with Crippen molar-refractivity contribution in [2.24, 2.45) is 5.92 Å². The van der Waals surface area contributed by atoms with E-state index in [2.05, 4.69) is 31.2 Å². The van der Waals surface area contributed by atoms with Crippen LogP contribution in [0.1, 0.15) is 43.9 Å². The Bertz CT molecular complexity index is 307. The van der Waals surface area contributed by atoms with Gasteiger partial charge in [-0.3, -0.25) is 4.39 Å². The number of rotatable bonds is 7. The number of methoxy groups -OCH3 is 1. The summed E-state index contributed by atoms with van der Waals surface area (Å²) in [7, 11) is 1.64. The highest BCUT2D eigenvalue weighted by molar-refractivity contribution is 5.24. The van der Waals surface area contributed by atoms with Crippen LogP contribution in [0.15, 0.2) is 24.3 Å². The molecule has 0 N–H and O–H groups in total. The van der Waals surface area contributed by atoms with Crippen molar-refractivity contribution in [2.75, 3.05) is 13.8 Å². The number of hydrogen-bond donors (Lipinski definition) is 0. The van der Waals surface area contributed by atoms with Crippen LogP contribution in [0.25, 0.3) is 0 Å². The number of halogens is 1. The maximum absolute atomic E-state index is 12.7. The van der Waals surface area contributed by atoms with Crippen LogP contribution in [0, 0.1) is 5.92 Å². The minimum atomic E-state index is -0.351. The normalized spacial score (nSPS) is 14.6. The summed E-state index contributed by atoms with van der Waals surface area (Å²) in [6.07, 6.45) is 3.41. The van der Waals surface area contributed by atoms with Gasteiger partial charge in [-0.2, -0.15) is 0 Å². The van der Waals surface area contributed by atoms with E-state index in [0.717, 1.165) is 12.0 Å². The average Bonchev–Trinajstić information content (AvgIpc) is 2.38. The third-order valence-corrected chi connectivity index (χ3v) is 3.14. The summed E-state index contributed by atoms with van der Waals surface area (Å²) in [6, 6.07) is 8.38. The zero-order valence-electron chi connectivity index (χ0n) is 11.1. The molecule has 1 aromatic rings. The van der Waals surface area contributed by atoms with E-state index in [1.54, 1.807) is 7.11 Å². The van der Waals surface area contributed by atoms with Crippen molar-refractivity contribution >= 4 is 0 Å². The van der Waals surface area contributed by atoms with Crippen LogP contribution in [-0.2, 0) is 11.2 Å². The fourth-order valence-corrected chi connectivity index (χ4v) is 2.03. The number of alkyl halides is 1. The predicted molar refractivity (Wildman–Crippen MR) is 69.9 cm³/mol. The van der Waals surface area contributed by atoms with Gasteiger partial charge >= 0.3 is 0 Å². The van der Waals surface area contributed by atoms with Gasteiger partial charge in [0.2, 0.25) is 0 Å². The van der Waals surface area contributed by atoms with Gasteiger partial charge in [-0.05, 0) is 24.0 Å². The Kier molecular flexibility index (Phi) is 6.20. The monoisotopic (exact) mass is 238 g/mol. The van der Waals surface area contributed by atoms with E-state index in [1.807, 2.05) is 6.92 Å². The lowest BCUT2D eigenvalue weighted by molar-refractivity contribution is 0.0479. The molecule has 0 radical (unpaired) electrons. The largest absolute Gasteiger partial charge is 0.376 e. The second-order valence-electron chi connectivity index (χ2n) is 4.63. The standard InChI is InChI=1S/C15H23FO/c1-4-5-6-13-7-9-14(10-8-13)15(17-3)12(2)11-16/h7-10,12,15H,4-6,11H2,1-3H3/t12-,15+/m1/s1. The Morgan fingerprint density at radius 2 is 1.88 bits per heavy atom. The molecule has 0 amide bonds. The molecule has 0 heterocycles. The van der Waals surface area contributed by atoms with Crippen molar-refractivity contribution in [1.29, 1.82) is 0 Å². The van der Waals surface area contributed by atoms with Gasteiger partial charge < -0.3 is 4.74 Å². The van der Waals surface area contributed by atoms with Gasteiger partial charge in [0, 0.05) is 13.0 Å². The Labute approximate surface area is 104 Å². The molecule has 0 aliphatic rings. The quantitative estimate of drug-likeness (QED) is 0.687. The van der Waals surface area contributed by atoms with Crippen LogP contribution >= 0.6 is 0 Å². The summed E-state index contributed by atoms with van der Waals surface area (Å²) >= 11 is 0. The van der Waals surface area contributed by atoms with Gasteiger partial charge in [-0.1, -0.05) is 44.5 Å². The molecule has 0 bridgehead atoms. The number of benzene rings is 1. The SMILES string of the molecule is CCCCc1ccc([C@@H](OC)[C@H](C)CF)cc1. The topological polar surface area (TPSA) is 9.23 Å². The molecule has 0 spiro atoms. The van der Waals surface area contributed by atoms with Crippen molar-refractivity contribution in [2.45, 2.75) is 39.2 Å². The van der Waals surface area contributed by atoms with Crippen molar-refractivity contribution < 1.29 is 9.13 Å². The Morgan fingerprint density at radius 1 is 1.24 bits per heavy atom. The minimum Gasteiger partial charge on any atom is -0.376 e. The summed E-state index contributed by atoms with van der Waals surface area (Å²) in [5.41, 5.74) is 2.41. The van der Waals surface area contributed by atoms with Gasteiger partial charge in [-0.15, -0.1) is 0 Å². The molecule has 1 nitrogen and oxygen atoms in total. The zero-order valence-corrected chi connectivity index (χ0v) is 11.1. The Morgan fingerprint density at radius 3 is 2.35 bits per heavy atom. The van der Waals surface area contributed by atoms with Gasteiger partial charge in [0.1, 0.15) is 0 Å². The molecule has 0 unspecified atom stereocenters. The Balaban J connectivity index is 2.71. The lowest BCUT2D eigenvalue weighted by atomic mass is 9.96. The first-order valence-electron chi connectivity index (χ1n) is 6.40. The fourth-order valence-electron chi connectivity index (χ4n) is 2.03. The lowest BCUT2D eigenvalue weighted by Crippen LogP contribution is -2.13. The highest BCUT2D eigenvalue weighted by Crippen LogP contribution is 2.26. The van der Waals surface area contributed by atoms with Gasteiger partial charge in [0.05, 0.1) is 12.8 Å². The van der Waals surface area contributed by atoms with Crippen molar-refractivity contribution in [3.8, 4) is 0 Å². The minimum absolute atomic E-state index is 0.0958. The maximum atomic E-state index is 12.7. The molecule has 0 aromatic heterocycles. The van der Waals surface area contributed by atoms with Gasteiger partial charge in [0.15, 0.2) is 0 Å².